The lowest BCUT2D eigenvalue weighted by molar-refractivity contribution is -0.0584. The number of nitrogens with zero attached hydrogens (tertiary/aromatic N) is 2. The van der Waals surface area contributed by atoms with E-state index in [2.05, 4.69) is 4.98 Å². The maximum Gasteiger partial charge on any atom is 0.365 e. The Hall–Kier alpha value is -3.09. The van der Waals surface area contributed by atoms with Crippen LogP contribution in [-0.2, 0) is 4.84 Å². The van der Waals surface area contributed by atoms with Gasteiger partial charge in [-0.2, -0.15) is 4.39 Å². The van der Waals surface area contributed by atoms with Crippen LogP contribution in [0.15, 0.2) is 42.6 Å². The van der Waals surface area contributed by atoms with Gasteiger partial charge in [-0.05, 0) is 24.3 Å². The van der Waals surface area contributed by atoms with E-state index in [1.165, 1.54) is 12.1 Å². The number of hydrogen-bond donors (Lipinski definition) is 0. The molecule has 7 heteroatoms. The van der Waals surface area contributed by atoms with E-state index in [1.807, 2.05) is 0 Å². The molecule has 1 aromatic heterocycles. The SMILES string of the molecule is O=C(ON1C(=O)c2ccccc2C1=O)c1ccc(F)nc1. The minimum Gasteiger partial charge on any atom is -0.324 e. The van der Waals surface area contributed by atoms with Crippen molar-refractivity contribution >= 4 is 17.8 Å². The van der Waals surface area contributed by atoms with Gasteiger partial charge in [-0.25, -0.2) is 9.78 Å². The summed E-state index contributed by atoms with van der Waals surface area (Å²) in [5.74, 6) is -3.18. The predicted molar refractivity (Wildman–Crippen MR) is 66.6 cm³/mol. The highest BCUT2D eigenvalue weighted by Gasteiger charge is 2.38. The van der Waals surface area contributed by atoms with Crippen molar-refractivity contribution in [1.29, 1.82) is 0 Å². The van der Waals surface area contributed by atoms with Gasteiger partial charge in [0.2, 0.25) is 5.95 Å². The Morgan fingerprint density at radius 3 is 2.19 bits per heavy atom. The van der Waals surface area contributed by atoms with Gasteiger partial charge in [0.25, 0.3) is 11.8 Å². The molecule has 0 bridgehead atoms. The molecule has 2 heterocycles. The molecule has 21 heavy (non-hydrogen) atoms. The zero-order valence-electron chi connectivity index (χ0n) is 10.4. The number of imide groups is 1. The fraction of sp³-hybridized carbons (Fsp3) is 0. The molecule has 3 rings (SSSR count). The highest BCUT2D eigenvalue weighted by atomic mass is 19.1. The summed E-state index contributed by atoms with van der Waals surface area (Å²) in [6.45, 7) is 0. The van der Waals surface area contributed by atoms with Gasteiger partial charge < -0.3 is 4.84 Å². The first-order valence-electron chi connectivity index (χ1n) is 5.89. The summed E-state index contributed by atoms with van der Waals surface area (Å²) in [6, 6.07) is 8.23. The highest BCUT2D eigenvalue weighted by Crippen LogP contribution is 2.23. The van der Waals surface area contributed by atoms with Crippen molar-refractivity contribution in [3.05, 3.63) is 65.2 Å². The van der Waals surface area contributed by atoms with Gasteiger partial charge in [0, 0.05) is 6.20 Å². The zero-order chi connectivity index (χ0) is 15.0. The molecular weight excluding hydrogens is 279 g/mol. The fourth-order valence-electron chi connectivity index (χ4n) is 1.88. The number of aromatic nitrogens is 1. The van der Waals surface area contributed by atoms with E-state index in [4.69, 9.17) is 4.84 Å². The minimum absolute atomic E-state index is 0.0760. The molecular formula is C14H7FN2O4. The Morgan fingerprint density at radius 1 is 1.05 bits per heavy atom. The summed E-state index contributed by atoms with van der Waals surface area (Å²) < 4.78 is 12.7. The van der Waals surface area contributed by atoms with Crippen molar-refractivity contribution in [2.75, 3.05) is 0 Å². The first-order chi connectivity index (χ1) is 10.1. The molecule has 2 aromatic rings. The molecule has 0 aliphatic carbocycles. The molecule has 0 radical (unpaired) electrons. The highest BCUT2D eigenvalue weighted by molar-refractivity contribution is 6.21. The van der Waals surface area contributed by atoms with Crippen molar-refractivity contribution in [2.24, 2.45) is 0 Å². The average Bonchev–Trinajstić information content (AvgIpc) is 2.73. The lowest BCUT2D eigenvalue weighted by atomic mass is 10.1. The second-order valence-electron chi connectivity index (χ2n) is 4.20. The van der Waals surface area contributed by atoms with Gasteiger partial charge in [-0.1, -0.05) is 17.2 Å². The summed E-state index contributed by atoms with van der Waals surface area (Å²) in [6.07, 6.45) is 0.954. The summed E-state index contributed by atoms with van der Waals surface area (Å²) in [7, 11) is 0. The molecule has 1 aliphatic rings. The third kappa shape index (κ3) is 2.14. The average molecular weight is 286 g/mol. The summed E-state index contributed by atoms with van der Waals surface area (Å²) in [5, 5.41) is 0.385. The molecule has 104 valence electrons. The molecule has 1 aromatic carbocycles. The lowest BCUT2D eigenvalue weighted by Crippen LogP contribution is -2.32. The van der Waals surface area contributed by atoms with E-state index in [1.54, 1.807) is 12.1 Å². The van der Waals surface area contributed by atoms with E-state index < -0.39 is 23.7 Å². The normalized spacial score (nSPS) is 13.3. The van der Waals surface area contributed by atoms with Gasteiger partial charge in [0.15, 0.2) is 0 Å². The Bertz CT molecular complexity index is 723. The molecule has 0 atom stereocenters. The Balaban J connectivity index is 1.84. The van der Waals surface area contributed by atoms with E-state index in [9.17, 15) is 18.8 Å². The van der Waals surface area contributed by atoms with Crippen LogP contribution in [0.1, 0.15) is 31.1 Å². The van der Waals surface area contributed by atoms with E-state index in [-0.39, 0.29) is 16.7 Å². The van der Waals surface area contributed by atoms with Gasteiger partial charge in [0.05, 0.1) is 16.7 Å². The van der Waals surface area contributed by atoms with Crippen molar-refractivity contribution in [3.63, 3.8) is 0 Å². The third-order valence-corrected chi connectivity index (χ3v) is 2.89. The van der Waals surface area contributed by atoms with Gasteiger partial charge in [-0.3, -0.25) is 9.59 Å². The van der Waals surface area contributed by atoms with Crippen LogP contribution in [0.25, 0.3) is 0 Å². The van der Waals surface area contributed by atoms with Gasteiger partial charge in [-0.15, -0.1) is 0 Å². The van der Waals surface area contributed by atoms with Gasteiger partial charge in [0.1, 0.15) is 0 Å². The van der Waals surface area contributed by atoms with Crippen molar-refractivity contribution in [1.82, 2.24) is 10.0 Å². The van der Waals surface area contributed by atoms with E-state index in [0.29, 0.717) is 5.06 Å². The maximum atomic E-state index is 12.7. The van der Waals surface area contributed by atoms with Crippen LogP contribution in [0.5, 0.6) is 0 Å². The maximum absolute atomic E-state index is 12.7. The van der Waals surface area contributed by atoms with Crippen molar-refractivity contribution in [3.8, 4) is 0 Å². The number of hydroxylamine groups is 2. The molecule has 0 saturated heterocycles. The minimum atomic E-state index is -0.975. The van der Waals surface area contributed by atoms with E-state index >= 15 is 0 Å². The second-order valence-corrected chi connectivity index (χ2v) is 4.20. The second kappa shape index (κ2) is 4.78. The summed E-state index contributed by atoms with van der Waals surface area (Å²) in [4.78, 5) is 43.9. The molecule has 1 aliphatic heterocycles. The first-order valence-corrected chi connectivity index (χ1v) is 5.89. The largest absolute Gasteiger partial charge is 0.365 e. The Kier molecular flexibility index (Phi) is 2.94. The van der Waals surface area contributed by atoms with Crippen LogP contribution >= 0.6 is 0 Å². The molecule has 0 spiro atoms. The molecule has 6 nitrogen and oxygen atoms in total. The number of amides is 2. The predicted octanol–water partition coefficient (Wildman–Crippen LogP) is 1.59. The molecule has 0 fully saturated rings. The number of fused-ring (bicyclic) bond motifs is 1. The molecule has 0 unspecified atom stereocenters. The number of carbonyl (C=O) groups excluding carboxylic acids is 3. The summed E-state index contributed by atoms with van der Waals surface area (Å²) >= 11 is 0. The zero-order valence-corrected chi connectivity index (χ0v) is 10.4. The molecule has 0 saturated carbocycles. The standard InChI is InChI=1S/C14H7FN2O4/c15-11-6-5-8(7-16-11)14(20)21-17-12(18)9-3-1-2-4-10(9)13(17)19/h1-7H. The van der Waals surface area contributed by atoms with Crippen LogP contribution < -0.4 is 0 Å². The van der Waals surface area contributed by atoms with Crippen LogP contribution in [-0.4, -0.2) is 27.8 Å². The lowest BCUT2D eigenvalue weighted by Gasteiger charge is -2.12. The number of carbonyl (C=O) groups is 3. The van der Waals surface area contributed by atoms with Crippen LogP contribution in [0, 0.1) is 5.95 Å². The first kappa shape index (κ1) is 12.9. The molecule has 0 N–H and O–H groups in total. The number of pyridine rings is 1. The number of rotatable bonds is 2. The quantitative estimate of drug-likeness (QED) is 0.619. The van der Waals surface area contributed by atoms with Crippen LogP contribution in [0.2, 0.25) is 0 Å². The number of hydrogen-bond acceptors (Lipinski definition) is 5. The Morgan fingerprint density at radius 2 is 1.67 bits per heavy atom. The summed E-state index contributed by atoms with van der Waals surface area (Å²) in [5.41, 5.74) is 0.244. The van der Waals surface area contributed by atoms with Crippen molar-refractivity contribution < 1.29 is 23.6 Å². The number of benzene rings is 1. The number of halogens is 1. The topological polar surface area (TPSA) is 76.6 Å². The fourth-order valence-corrected chi connectivity index (χ4v) is 1.88. The van der Waals surface area contributed by atoms with E-state index in [0.717, 1.165) is 18.3 Å². The third-order valence-electron chi connectivity index (χ3n) is 2.89. The monoisotopic (exact) mass is 286 g/mol. The Labute approximate surface area is 117 Å². The van der Waals surface area contributed by atoms with Gasteiger partial charge >= 0.3 is 5.97 Å². The van der Waals surface area contributed by atoms with Crippen molar-refractivity contribution in [2.45, 2.75) is 0 Å². The molecule has 2 amide bonds. The smallest absolute Gasteiger partial charge is 0.324 e. The van der Waals surface area contributed by atoms with Crippen LogP contribution in [0.4, 0.5) is 4.39 Å². The van der Waals surface area contributed by atoms with Crippen LogP contribution in [0.3, 0.4) is 0 Å².